The number of amides is 1. The fraction of sp³-hybridized carbons (Fsp3) is 0.294. The number of fused-ring (bicyclic) bond motifs is 1. The van der Waals surface area contributed by atoms with Crippen molar-refractivity contribution in [1.29, 1.82) is 0 Å². The van der Waals surface area contributed by atoms with Crippen LogP contribution in [0.3, 0.4) is 0 Å². The molecule has 1 aliphatic heterocycles. The predicted molar refractivity (Wildman–Crippen MR) is 98.3 cm³/mol. The van der Waals surface area contributed by atoms with Gasteiger partial charge in [0.1, 0.15) is 5.84 Å². The van der Waals surface area contributed by atoms with Crippen LogP contribution in [0.25, 0.3) is 0 Å². The molecular weight excluding hydrogens is 358 g/mol. The Hall–Kier alpha value is -2.19. The zero-order valence-corrected chi connectivity index (χ0v) is 15.7. The highest BCUT2D eigenvalue weighted by Crippen LogP contribution is 2.22. The number of hydrogen-bond acceptors (Lipinski definition) is 5. The molecule has 0 spiro atoms. The van der Waals surface area contributed by atoms with Gasteiger partial charge in [-0.15, -0.1) is 11.3 Å². The maximum atomic E-state index is 12.2. The molecule has 2 heterocycles. The molecule has 132 valence electrons. The first kappa shape index (κ1) is 17.6. The molecule has 1 aromatic carbocycles. The van der Waals surface area contributed by atoms with Gasteiger partial charge in [-0.05, 0) is 36.1 Å². The van der Waals surface area contributed by atoms with Gasteiger partial charge >= 0.3 is 0 Å². The monoisotopic (exact) mass is 377 g/mol. The molecule has 0 unspecified atom stereocenters. The van der Waals surface area contributed by atoms with Crippen LogP contribution in [-0.4, -0.2) is 38.7 Å². The third-order valence-electron chi connectivity index (χ3n) is 4.03. The number of carbonyl (C=O) groups excluding carboxylic acids is 1. The van der Waals surface area contributed by atoms with Crippen LogP contribution >= 0.6 is 11.3 Å². The molecule has 1 N–H and O–H groups in total. The van der Waals surface area contributed by atoms with Gasteiger partial charge in [-0.2, -0.15) is 0 Å². The van der Waals surface area contributed by atoms with Crippen molar-refractivity contribution in [2.24, 2.45) is 4.99 Å². The minimum Gasteiger partial charge on any atom is -0.341 e. The summed E-state index contributed by atoms with van der Waals surface area (Å²) in [6, 6.07) is 8.72. The summed E-state index contributed by atoms with van der Waals surface area (Å²) in [7, 11) is -1.77. The number of thiophene rings is 1. The summed E-state index contributed by atoms with van der Waals surface area (Å²) in [5, 5.41) is 2.01. The lowest BCUT2D eigenvalue weighted by Crippen LogP contribution is -2.27. The van der Waals surface area contributed by atoms with E-state index < -0.39 is 10.0 Å². The van der Waals surface area contributed by atoms with Crippen LogP contribution in [0.15, 0.2) is 45.6 Å². The Morgan fingerprint density at radius 1 is 1.28 bits per heavy atom. The minimum absolute atomic E-state index is 0.0220. The average molecular weight is 377 g/mol. The summed E-state index contributed by atoms with van der Waals surface area (Å²) in [6.07, 6.45) is 0.230. The van der Waals surface area contributed by atoms with Crippen LogP contribution in [0.2, 0.25) is 0 Å². The Morgan fingerprint density at radius 2 is 2.04 bits per heavy atom. The summed E-state index contributed by atoms with van der Waals surface area (Å²) in [5.74, 6) is 0.284. The van der Waals surface area contributed by atoms with E-state index in [9.17, 15) is 13.2 Å². The van der Waals surface area contributed by atoms with Gasteiger partial charge in [0.05, 0.1) is 18.0 Å². The van der Waals surface area contributed by atoms with Gasteiger partial charge in [0.2, 0.25) is 5.91 Å². The minimum atomic E-state index is -3.54. The van der Waals surface area contributed by atoms with Gasteiger partial charge in [-0.25, -0.2) is 8.42 Å². The van der Waals surface area contributed by atoms with Crippen molar-refractivity contribution in [3.8, 4) is 0 Å². The molecule has 2 aromatic rings. The van der Waals surface area contributed by atoms with E-state index in [2.05, 4.69) is 9.71 Å². The molecule has 0 radical (unpaired) electrons. The molecule has 1 aliphatic rings. The SMILES string of the molecule is Cc1ccsc1CN(C)C(=O)CCN=C1NS(=O)(=O)c2ccccc21. The van der Waals surface area contributed by atoms with Crippen LogP contribution in [-0.2, 0) is 21.4 Å². The number of sulfonamides is 1. The first-order chi connectivity index (χ1) is 11.9. The Morgan fingerprint density at radius 3 is 2.76 bits per heavy atom. The maximum Gasteiger partial charge on any atom is 0.263 e. The van der Waals surface area contributed by atoms with E-state index in [1.54, 1.807) is 47.5 Å². The highest BCUT2D eigenvalue weighted by molar-refractivity contribution is 7.90. The lowest BCUT2D eigenvalue weighted by Gasteiger charge is -2.16. The van der Waals surface area contributed by atoms with Crippen molar-refractivity contribution in [2.45, 2.75) is 24.8 Å². The Labute approximate surface area is 151 Å². The van der Waals surface area contributed by atoms with Crippen molar-refractivity contribution in [3.05, 3.63) is 51.7 Å². The van der Waals surface area contributed by atoms with Gasteiger partial charge in [-0.3, -0.25) is 14.5 Å². The number of aryl methyl sites for hydroxylation is 1. The second-order valence-corrected chi connectivity index (χ2v) is 8.51. The van der Waals surface area contributed by atoms with Crippen molar-refractivity contribution < 1.29 is 13.2 Å². The number of aliphatic imine (C=N–C) groups is 1. The Kier molecular flexibility index (Phi) is 4.91. The topological polar surface area (TPSA) is 78.8 Å². The maximum absolute atomic E-state index is 12.2. The number of amidine groups is 1. The molecule has 8 heteroatoms. The first-order valence-electron chi connectivity index (χ1n) is 7.82. The zero-order valence-electron chi connectivity index (χ0n) is 14.0. The van der Waals surface area contributed by atoms with Crippen molar-refractivity contribution in [1.82, 2.24) is 9.62 Å². The fourth-order valence-corrected chi connectivity index (χ4v) is 4.78. The molecular formula is C17H19N3O3S2. The lowest BCUT2D eigenvalue weighted by molar-refractivity contribution is -0.130. The van der Waals surface area contributed by atoms with Gasteiger partial charge in [-0.1, -0.05) is 12.1 Å². The molecule has 0 saturated heterocycles. The summed E-state index contributed by atoms with van der Waals surface area (Å²) in [4.78, 5) is 19.6. The number of carbonyl (C=O) groups is 1. The van der Waals surface area contributed by atoms with Crippen LogP contribution in [0.4, 0.5) is 0 Å². The highest BCUT2D eigenvalue weighted by atomic mass is 32.2. The number of nitrogens with zero attached hydrogens (tertiary/aromatic N) is 2. The van der Waals surface area contributed by atoms with Crippen LogP contribution in [0.1, 0.15) is 22.4 Å². The van der Waals surface area contributed by atoms with Crippen molar-refractivity contribution >= 4 is 33.1 Å². The Bertz CT molecular complexity index is 932. The molecule has 0 saturated carbocycles. The zero-order chi connectivity index (χ0) is 18.0. The van der Waals surface area contributed by atoms with E-state index in [0.29, 0.717) is 17.9 Å². The smallest absolute Gasteiger partial charge is 0.263 e. The number of rotatable bonds is 5. The first-order valence-corrected chi connectivity index (χ1v) is 10.2. The molecule has 1 aromatic heterocycles. The van der Waals surface area contributed by atoms with Crippen molar-refractivity contribution in [2.75, 3.05) is 13.6 Å². The quantitative estimate of drug-likeness (QED) is 0.867. The number of nitrogens with one attached hydrogen (secondary N) is 1. The summed E-state index contributed by atoms with van der Waals surface area (Å²) in [6.45, 7) is 2.84. The number of benzene rings is 1. The van der Waals surface area contributed by atoms with Gasteiger partial charge in [0.15, 0.2) is 0 Å². The molecule has 25 heavy (non-hydrogen) atoms. The highest BCUT2D eigenvalue weighted by Gasteiger charge is 2.29. The summed E-state index contributed by atoms with van der Waals surface area (Å²) < 4.78 is 26.5. The summed E-state index contributed by atoms with van der Waals surface area (Å²) in [5.41, 5.74) is 1.74. The molecule has 6 nitrogen and oxygen atoms in total. The second-order valence-electron chi connectivity index (χ2n) is 5.86. The van der Waals surface area contributed by atoms with Crippen LogP contribution in [0, 0.1) is 6.92 Å². The average Bonchev–Trinajstić information content (AvgIpc) is 3.09. The third kappa shape index (κ3) is 3.74. The van der Waals surface area contributed by atoms with E-state index in [1.165, 1.54) is 10.4 Å². The normalized spacial score (nSPS) is 16.5. The van der Waals surface area contributed by atoms with E-state index in [4.69, 9.17) is 0 Å². The fourth-order valence-electron chi connectivity index (χ4n) is 2.58. The largest absolute Gasteiger partial charge is 0.341 e. The number of hydrogen-bond donors (Lipinski definition) is 1. The van der Waals surface area contributed by atoms with E-state index in [-0.39, 0.29) is 23.8 Å². The lowest BCUT2D eigenvalue weighted by atomic mass is 10.2. The molecule has 0 atom stereocenters. The predicted octanol–water partition coefficient (Wildman–Crippen LogP) is 2.14. The standard InChI is InChI=1S/C17H19N3O3S2/c1-12-8-10-24-14(12)11-20(2)16(21)7-9-18-17-13-5-3-4-6-15(13)25(22,23)19-17/h3-6,8,10H,7,9,11H2,1-2H3,(H,18,19). The second kappa shape index (κ2) is 6.97. The van der Waals surface area contributed by atoms with Gasteiger partial charge in [0, 0.05) is 23.9 Å². The van der Waals surface area contributed by atoms with Crippen LogP contribution in [0.5, 0.6) is 0 Å². The molecule has 0 bridgehead atoms. The van der Waals surface area contributed by atoms with E-state index >= 15 is 0 Å². The molecule has 3 rings (SSSR count). The van der Waals surface area contributed by atoms with Gasteiger partial charge < -0.3 is 4.90 Å². The van der Waals surface area contributed by atoms with Crippen LogP contribution < -0.4 is 4.72 Å². The van der Waals surface area contributed by atoms with Gasteiger partial charge in [0.25, 0.3) is 10.0 Å². The Balaban J connectivity index is 1.62. The summed E-state index contributed by atoms with van der Waals surface area (Å²) >= 11 is 1.63. The third-order valence-corrected chi connectivity index (χ3v) is 6.44. The van der Waals surface area contributed by atoms with E-state index in [0.717, 1.165) is 0 Å². The molecule has 0 fully saturated rings. The molecule has 0 aliphatic carbocycles. The molecule has 1 amide bonds. The van der Waals surface area contributed by atoms with Crippen molar-refractivity contribution in [3.63, 3.8) is 0 Å². The van der Waals surface area contributed by atoms with E-state index in [1.807, 2.05) is 18.4 Å².